The number of hydrogen-bond acceptors (Lipinski definition) is 5. The number of piperidine rings is 1. The molecule has 0 saturated carbocycles. The predicted octanol–water partition coefficient (Wildman–Crippen LogP) is 4.53. The number of nitrogens with one attached hydrogen (secondary N) is 1. The minimum absolute atomic E-state index is 0.0369. The number of carbonyl (C=O) groups excluding carboxylic acids is 2. The number of benzene rings is 1. The molecular formula is C23H28N4O3S. The molecule has 0 spiro atoms. The summed E-state index contributed by atoms with van der Waals surface area (Å²) < 4.78 is 7.33. The van der Waals surface area contributed by atoms with Crippen LogP contribution in [0.25, 0.3) is 21.6 Å². The zero-order valence-electron chi connectivity index (χ0n) is 18.0. The first-order valence-corrected chi connectivity index (χ1v) is 11.8. The van der Waals surface area contributed by atoms with Gasteiger partial charge in [-0.15, -0.1) is 11.3 Å². The summed E-state index contributed by atoms with van der Waals surface area (Å²) in [7, 11) is 0. The highest BCUT2D eigenvalue weighted by Gasteiger charge is 2.25. The van der Waals surface area contributed by atoms with Crippen LogP contribution in [0.2, 0.25) is 0 Å². The number of carbonyl (C=O) groups is 2. The lowest BCUT2D eigenvalue weighted by Gasteiger charge is -2.31. The highest BCUT2D eigenvalue weighted by Crippen LogP contribution is 2.31. The third-order valence-corrected chi connectivity index (χ3v) is 6.43. The monoisotopic (exact) mass is 440 g/mol. The zero-order valence-corrected chi connectivity index (χ0v) is 18.8. The number of rotatable bonds is 6. The standard InChI is InChI=1S/C23H28N4O3S/c1-3-11-27-19-8-6-5-7-16(19)14-20(27)22-25-18(15-31-22)21(28)24-17-9-12-26(13-10-17)23(29)30-4-2/h5-8,14-15,17H,3-4,9-13H2,1-2H3,(H,24,28). The van der Waals surface area contributed by atoms with Gasteiger partial charge in [-0.25, -0.2) is 9.78 Å². The fraction of sp³-hybridized carbons (Fsp3) is 0.435. The van der Waals surface area contributed by atoms with E-state index in [0.717, 1.165) is 23.7 Å². The van der Waals surface area contributed by atoms with Gasteiger partial charge in [0.05, 0.1) is 12.3 Å². The van der Waals surface area contributed by atoms with E-state index >= 15 is 0 Å². The molecule has 8 heteroatoms. The van der Waals surface area contributed by atoms with Gasteiger partial charge in [0.25, 0.3) is 5.91 Å². The molecule has 1 aromatic carbocycles. The van der Waals surface area contributed by atoms with Gasteiger partial charge in [0.1, 0.15) is 10.7 Å². The smallest absolute Gasteiger partial charge is 0.409 e. The first kappa shape index (κ1) is 21.4. The quantitative estimate of drug-likeness (QED) is 0.611. The van der Waals surface area contributed by atoms with Crippen LogP contribution in [0.3, 0.4) is 0 Å². The molecule has 164 valence electrons. The Hall–Kier alpha value is -2.87. The molecule has 4 rings (SSSR count). The van der Waals surface area contributed by atoms with Gasteiger partial charge in [0.15, 0.2) is 0 Å². The third-order valence-electron chi connectivity index (χ3n) is 5.57. The zero-order chi connectivity index (χ0) is 21.8. The lowest BCUT2D eigenvalue weighted by Crippen LogP contribution is -2.46. The summed E-state index contributed by atoms with van der Waals surface area (Å²) in [6.07, 6.45) is 2.17. The highest BCUT2D eigenvalue weighted by molar-refractivity contribution is 7.13. The molecule has 0 aliphatic carbocycles. The molecular weight excluding hydrogens is 412 g/mol. The van der Waals surface area contributed by atoms with Crippen molar-refractivity contribution in [1.82, 2.24) is 19.8 Å². The number of likely N-dealkylation sites (tertiary alicyclic amines) is 1. The average Bonchev–Trinajstić information content (AvgIpc) is 3.40. The molecule has 0 radical (unpaired) electrons. The van der Waals surface area contributed by atoms with E-state index in [1.54, 1.807) is 11.8 Å². The lowest BCUT2D eigenvalue weighted by atomic mass is 10.1. The Morgan fingerprint density at radius 2 is 2.00 bits per heavy atom. The van der Waals surface area contributed by atoms with Crippen molar-refractivity contribution >= 4 is 34.2 Å². The van der Waals surface area contributed by atoms with Gasteiger partial charge >= 0.3 is 6.09 Å². The average molecular weight is 441 g/mol. The van der Waals surface area contributed by atoms with Crippen molar-refractivity contribution in [3.63, 3.8) is 0 Å². The van der Waals surface area contributed by atoms with Crippen LogP contribution in [0.5, 0.6) is 0 Å². The molecule has 31 heavy (non-hydrogen) atoms. The van der Waals surface area contributed by atoms with Crippen molar-refractivity contribution in [2.75, 3.05) is 19.7 Å². The molecule has 0 bridgehead atoms. The number of ether oxygens (including phenoxy) is 1. The summed E-state index contributed by atoms with van der Waals surface area (Å²) >= 11 is 1.50. The van der Waals surface area contributed by atoms with E-state index in [4.69, 9.17) is 4.74 Å². The van der Waals surface area contributed by atoms with Gasteiger partial charge in [0.2, 0.25) is 0 Å². The highest BCUT2D eigenvalue weighted by atomic mass is 32.1. The number of thiazole rings is 1. The number of amides is 2. The maximum atomic E-state index is 12.8. The molecule has 7 nitrogen and oxygen atoms in total. The predicted molar refractivity (Wildman–Crippen MR) is 122 cm³/mol. The summed E-state index contributed by atoms with van der Waals surface area (Å²) in [4.78, 5) is 31.0. The van der Waals surface area contributed by atoms with E-state index in [1.165, 1.54) is 22.2 Å². The van der Waals surface area contributed by atoms with Gasteiger partial charge in [0, 0.05) is 42.0 Å². The van der Waals surface area contributed by atoms with Crippen molar-refractivity contribution < 1.29 is 14.3 Å². The number of fused-ring (bicyclic) bond motifs is 1. The van der Waals surface area contributed by atoms with E-state index in [0.29, 0.717) is 38.2 Å². The van der Waals surface area contributed by atoms with Crippen molar-refractivity contribution in [3.05, 3.63) is 41.4 Å². The summed E-state index contributed by atoms with van der Waals surface area (Å²) in [5, 5.41) is 6.94. The normalized spacial score (nSPS) is 14.7. The largest absolute Gasteiger partial charge is 0.450 e. The Kier molecular flexibility index (Phi) is 6.56. The van der Waals surface area contributed by atoms with E-state index in [9.17, 15) is 9.59 Å². The molecule has 1 saturated heterocycles. The van der Waals surface area contributed by atoms with Gasteiger partial charge in [-0.3, -0.25) is 4.79 Å². The number of para-hydroxylation sites is 1. The van der Waals surface area contributed by atoms with Gasteiger partial charge < -0.3 is 19.5 Å². The second-order valence-electron chi connectivity index (χ2n) is 7.71. The molecule has 0 atom stereocenters. The molecule has 1 N–H and O–H groups in total. The number of aromatic nitrogens is 2. The van der Waals surface area contributed by atoms with Crippen molar-refractivity contribution in [2.24, 2.45) is 0 Å². The molecule has 2 aromatic heterocycles. The summed E-state index contributed by atoms with van der Waals surface area (Å²) in [6, 6.07) is 10.5. The fourth-order valence-electron chi connectivity index (χ4n) is 4.03. The van der Waals surface area contributed by atoms with Crippen LogP contribution in [0.15, 0.2) is 35.7 Å². The molecule has 1 aliphatic rings. The van der Waals surface area contributed by atoms with Crippen LogP contribution in [-0.4, -0.2) is 52.2 Å². The number of hydrogen-bond donors (Lipinski definition) is 1. The van der Waals surface area contributed by atoms with Crippen LogP contribution in [-0.2, 0) is 11.3 Å². The molecule has 2 amide bonds. The Morgan fingerprint density at radius 3 is 2.74 bits per heavy atom. The Morgan fingerprint density at radius 1 is 1.23 bits per heavy atom. The summed E-state index contributed by atoms with van der Waals surface area (Å²) in [5.41, 5.74) is 2.69. The lowest BCUT2D eigenvalue weighted by molar-refractivity contribution is 0.0857. The minimum atomic E-state index is -0.279. The topological polar surface area (TPSA) is 76.5 Å². The van der Waals surface area contributed by atoms with Crippen molar-refractivity contribution in [2.45, 2.75) is 45.7 Å². The van der Waals surface area contributed by atoms with E-state index < -0.39 is 0 Å². The maximum absolute atomic E-state index is 12.8. The van der Waals surface area contributed by atoms with Crippen molar-refractivity contribution in [3.8, 4) is 10.7 Å². The van der Waals surface area contributed by atoms with E-state index in [2.05, 4.69) is 40.0 Å². The van der Waals surface area contributed by atoms with E-state index in [-0.39, 0.29) is 18.0 Å². The third kappa shape index (κ3) is 4.58. The molecule has 0 unspecified atom stereocenters. The second kappa shape index (κ2) is 9.51. The van der Waals surface area contributed by atoms with Crippen LogP contribution in [0.1, 0.15) is 43.6 Å². The minimum Gasteiger partial charge on any atom is -0.450 e. The van der Waals surface area contributed by atoms with Gasteiger partial charge in [-0.2, -0.15) is 0 Å². The Balaban J connectivity index is 1.44. The summed E-state index contributed by atoms with van der Waals surface area (Å²) in [5.74, 6) is -0.157. The van der Waals surface area contributed by atoms with Crippen LogP contribution >= 0.6 is 11.3 Å². The SMILES string of the molecule is CCCn1c(-c2nc(C(=O)NC3CCN(C(=O)OCC)CC3)cs2)cc2ccccc21. The van der Waals surface area contributed by atoms with Gasteiger partial charge in [-0.05, 0) is 38.3 Å². The number of nitrogens with zero attached hydrogens (tertiary/aromatic N) is 3. The maximum Gasteiger partial charge on any atom is 0.409 e. The Bertz CT molecular complexity index is 1070. The number of aryl methyl sites for hydroxylation is 1. The van der Waals surface area contributed by atoms with Crippen LogP contribution < -0.4 is 5.32 Å². The van der Waals surface area contributed by atoms with Crippen molar-refractivity contribution in [1.29, 1.82) is 0 Å². The second-order valence-corrected chi connectivity index (χ2v) is 8.57. The molecule has 3 heterocycles. The first-order valence-electron chi connectivity index (χ1n) is 10.9. The van der Waals surface area contributed by atoms with Crippen LogP contribution in [0, 0.1) is 0 Å². The van der Waals surface area contributed by atoms with Crippen LogP contribution in [0.4, 0.5) is 4.79 Å². The summed E-state index contributed by atoms with van der Waals surface area (Å²) in [6.45, 7) is 6.41. The Labute approximate surface area is 186 Å². The molecule has 1 aliphatic heterocycles. The van der Waals surface area contributed by atoms with Gasteiger partial charge in [-0.1, -0.05) is 25.1 Å². The molecule has 3 aromatic rings. The molecule has 1 fully saturated rings. The first-order chi connectivity index (χ1) is 15.1. The van der Waals surface area contributed by atoms with E-state index in [1.807, 2.05) is 17.5 Å². The fourth-order valence-corrected chi connectivity index (χ4v) is 4.85.